The quantitative estimate of drug-likeness (QED) is 0.810. The minimum atomic E-state index is -1.03. The molecule has 0 radical (unpaired) electrons. The molecule has 6 nitrogen and oxygen atoms in total. The van der Waals surface area contributed by atoms with E-state index in [0.717, 1.165) is 10.8 Å². The summed E-state index contributed by atoms with van der Waals surface area (Å²) in [6.07, 6.45) is -0.326. The second-order valence-electron chi connectivity index (χ2n) is 4.78. The first-order chi connectivity index (χ1) is 10.5. The third kappa shape index (κ3) is 3.82. The Kier molecular flexibility index (Phi) is 4.73. The Bertz CT molecular complexity index is 738. The van der Waals surface area contributed by atoms with Crippen LogP contribution in [-0.4, -0.2) is 29.4 Å². The van der Waals surface area contributed by atoms with E-state index in [9.17, 15) is 14.4 Å². The monoisotopic (exact) mass is 301 g/mol. The molecule has 0 spiro atoms. The van der Waals surface area contributed by atoms with Gasteiger partial charge in [0, 0.05) is 17.4 Å². The van der Waals surface area contributed by atoms with Crippen molar-refractivity contribution in [3.63, 3.8) is 0 Å². The molecule has 1 amide bonds. The van der Waals surface area contributed by atoms with E-state index in [1.54, 1.807) is 18.2 Å². The molecule has 3 N–H and O–H groups in total. The molecule has 0 aliphatic rings. The fourth-order valence-corrected chi connectivity index (χ4v) is 2.01. The van der Waals surface area contributed by atoms with Crippen LogP contribution >= 0.6 is 0 Å². The summed E-state index contributed by atoms with van der Waals surface area (Å²) in [7, 11) is 0. The van der Waals surface area contributed by atoms with Crippen molar-refractivity contribution in [2.45, 2.75) is 12.8 Å². The molecule has 0 fully saturated rings. The summed E-state index contributed by atoms with van der Waals surface area (Å²) in [5, 5.41) is 10.1. The zero-order valence-corrected chi connectivity index (χ0v) is 11.7. The number of Topliss-reactive ketones (excluding diaryl/α,β-unsaturated/α-hetero) is 1. The largest absolute Gasteiger partial charge is 0.485 e. The molecule has 0 aromatic heterocycles. The lowest BCUT2D eigenvalue weighted by Gasteiger charge is -2.10. The van der Waals surface area contributed by atoms with Crippen molar-refractivity contribution in [2.24, 2.45) is 5.73 Å². The van der Waals surface area contributed by atoms with Gasteiger partial charge < -0.3 is 15.6 Å². The molecule has 114 valence electrons. The molecular weight excluding hydrogens is 286 g/mol. The van der Waals surface area contributed by atoms with Gasteiger partial charge in [-0.1, -0.05) is 24.3 Å². The van der Waals surface area contributed by atoms with Gasteiger partial charge in [0.1, 0.15) is 12.4 Å². The predicted octanol–water partition coefficient (Wildman–Crippen LogP) is 1.75. The van der Waals surface area contributed by atoms with Gasteiger partial charge in [0.25, 0.3) is 0 Å². The SMILES string of the molecule is NC(=O)c1cc(OCC(=O)CCC(=O)O)c2ccccc2c1. The van der Waals surface area contributed by atoms with Crippen LogP contribution in [0, 0.1) is 0 Å². The number of rotatable bonds is 7. The van der Waals surface area contributed by atoms with Crippen LogP contribution in [0.15, 0.2) is 36.4 Å². The number of hydrogen-bond donors (Lipinski definition) is 2. The molecule has 0 unspecified atom stereocenters. The first-order valence-corrected chi connectivity index (χ1v) is 6.66. The Hall–Kier alpha value is -2.89. The lowest BCUT2D eigenvalue weighted by atomic mass is 10.1. The summed E-state index contributed by atoms with van der Waals surface area (Å²) >= 11 is 0. The van der Waals surface area contributed by atoms with E-state index >= 15 is 0 Å². The summed E-state index contributed by atoms with van der Waals surface area (Å²) in [6.45, 7) is -0.251. The maximum absolute atomic E-state index is 11.6. The Morgan fingerprint density at radius 1 is 1.09 bits per heavy atom. The minimum absolute atomic E-state index is 0.0945. The summed E-state index contributed by atoms with van der Waals surface area (Å²) < 4.78 is 5.45. The van der Waals surface area contributed by atoms with Crippen molar-refractivity contribution in [1.29, 1.82) is 0 Å². The number of nitrogens with two attached hydrogens (primary N) is 1. The van der Waals surface area contributed by atoms with Gasteiger partial charge in [-0.3, -0.25) is 14.4 Å². The van der Waals surface area contributed by atoms with E-state index in [1.807, 2.05) is 12.1 Å². The smallest absolute Gasteiger partial charge is 0.303 e. The maximum atomic E-state index is 11.6. The zero-order chi connectivity index (χ0) is 16.1. The number of fused-ring (bicyclic) bond motifs is 1. The lowest BCUT2D eigenvalue weighted by Crippen LogP contribution is -2.14. The van der Waals surface area contributed by atoms with Gasteiger partial charge in [-0.25, -0.2) is 0 Å². The molecule has 2 aromatic carbocycles. The van der Waals surface area contributed by atoms with Crippen LogP contribution in [0.5, 0.6) is 5.75 Å². The third-order valence-corrected chi connectivity index (χ3v) is 3.11. The Morgan fingerprint density at radius 3 is 2.50 bits per heavy atom. The number of aliphatic carboxylic acids is 1. The summed E-state index contributed by atoms with van der Waals surface area (Å²) in [4.78, 5) is 33.4. The lowest BCUT2D eigenvalue weighted by molar-refractivity contribution is -0.138. The van der Waals surface area contributed by atoms with Gasteiger partial charge in [0.15, 0.2) is 5.78 Å². The fraction of sp³-hybridized carbons (Fsp3) is 0.188. The van der Waals surface area contributed by atoms with Crippen LogP contribution in [0.2, 0.25) is 0 Å². The van der Waals surface area contributed by atoms with Crippen LogP contribution in [0.1, 0.15) is 23.2 Å². The molecule has 0 saturated carbocycles. The number of hydrogen-bond acceptors (Lipinski definition) is 4. The van der Waals surface area contributed by atoms with E-state index in [4.69, 9.17) is 15.6 Å². The first kappa shape index (κ1) is 15.5. The van der Waals surface area contributed by atoms with Crippen molar-refractivity contribution in [2.75, 3.05) is 6.61 Å². The topological polar surface area (TPSA) is 107 Å². The van der Waals surface area contributed by atoms with Gasteiger partial charge in [0.2, 0.25) is 5.91 Å². The second-order valence-corrected chi connectivity index (χ2v) is 4.78. The number of ketones is 1. The van der Waals surface area contributed by atoms with Crippen LogP contribution < -0.4 is 10.5 Å². The van der Waals surface area contributed by atoms with Crippen molar-refractivity contribution < 1.29 is 24.2 Å². The molecule has 0 bridgehead atoms. The Balaban J connectivity index is 2.20. The van der Waals surface area contributed by atoms with Crippen molar-refractivity contribution in [1.82, 2.24) is 0 Å². The Labute approximate surface area is 126 Å². The number of amides is 1. The fourth-order valence-electron chi connectivity index (χ4n) is 2.01. The number of carbonyl (C=O) groups is 3. The van der Waals surface area contributed by atoms with E-state index < -0.39 is 11.9 Å². The van der Waals surface area contributed by atoms with E-state index in [2.05, 4.69) is 0 Å². The predicted molar refractivity (Wildman–Crippen MR) is 79.8 cm³/mol. The molecule has 6 heteroatoms. The number of carboxylic acids is 1. The number of ether oxygens (including phenoxy) is 1. The highest BCUT2D eigenvalue weighted by Crippen LogP contribution is 2.27. The van der Waals surface area contributed by atoms with E-state index in [0.29, 0.717) is 5.75 Å². The van der Waals surface area contributed by atoms with E-state index in [1.165, 1.54) is 6.07 Å². The standard InChI is InChI=1S/C16H15NO5/c17-16(21)11-7-10-3-1-2-4-13(10)14(8-11)22-9-12(18)5-6-15(19)20/h1-4,7-8H,5-6,9H2,(H2,17,21)(H,19,20). The molecule has 0 saturated heterocycles. The Morgan fingerprint density at radius 2 is 1.82 bits per heavy atom. The molecule has 2 rings (SSSR count). The minimum Gasteiger partial charge on any atom is -0.485 e. The maximum Gasteiger partial charge on any atom is 0.303 e. The van der Waals surface area contributed by atoms with E-state index in [-0.39, 0.29) is 30.8 Å². The van der Waals surface area contributed by atoms with Gasteiger partial charge >= 0.3 is 5.97 Å². The molecule has 22 heavy (non-hydrogen) atoms. The van der Waals surface area contributed by atoms with Crippen molar-refractivity contribution in [3.8, 4) is 5.75 Å². The second kappa shape index (κ2) is 6.71. The number of carboxylic acid groups (broad SMARTS) is 1. The normalized spacial score (nSPS) is 10.4. The molecule has 0 atom stereocenters. The van der Waals surface area contributed by atoms with Crippen LogP contribution in [0.4, 0.5) is 0 Å². The molecular formula is C16H15NO5. The average Bonchev–Trinajstić information content (AvgIpc) is 2.50. The molecule has 0 heterocycles. The van der Waals surface area contributed by atoms with Gasteiger partial charge in [-0.05, 0) is 17.5 Å². The number of benzene rings is 2. The average molecular weight is 301 g/mol. The molecule has 2 aromatic rings. The molecule has 0 aliphatic heterocycles. The summed E-state index contributed by atoms with van der Waals surface area (Å²) in [5.41, 5.74) is 5.57. The highest BCUT2D eigenvalue weighted by atomic mass is 16.5. The van der Waals surface area contributed by atoms with Gasteiger partial charge in [-0.15, -0.1) is 0 Å². The van der Waals surface area contributed by atoms with Crippen LogP contribution in [0.3, 0.4) is 0 Å². The van der Waals surface area contributed by atoms with Gasteiger partial charge in [-0.2, -0.15) is 0 Å². The van der Waals surface area contributed by atoms with Crippen LogP contribution in [-0.2, 0) is 9.59 Å². The van der Waals surface area contributed by atoms with Crippen LogP contribution in [0.25, 0.3) is 10.8 Å². The summed E-state index contributed by atoms with van der Waals surface area (Å²) in [6, 6.07) is 10.4. The van der Waals surface area contributed by atoms with Gasteiger partial charge in [0.05, 0.1) is 6.42 Å². The van der Waals surface area contributed by atoms with Crippen molar-refractivity contribution in [3.05, 3.63) is 42.0 Å². The zero-order valence-electron chi connectivity index (χ0n) is 11.7. The molecule has 0 aliphatic carbocycles. The number of carbonyl (C=O) groups excluding carboxylic acids is 2. The summed E-state index contributed by atoms with van der Waals surface area (Å²) in [5.74, 6) is -1.58. The highest BCUT2D eigenvalue weighted by Gasteiger charge is 2.11. The third-order valence-electron chi connectivity index (χ3n) is 3.11. The number of primary amides is 1. The first-order valence-electron chi connectivity index (χ1n) is 6.66. The van der Waals surface area contributed by atoms with Crippen molar-refractivity contribution >= 4 is 28.4 Å². The highest BCUT2D eigenvalue weighted by molar-refractivity contribution is 6.00.